The van der Waals surface area contributed by atoms with E-state index < -0.39 is 9.84 Å². The van der Waals surface area contributed by atoms with Crippen LogP contribution in [0.15, 0.2) is 47.4 Å². The SMILES string of the molecule is O=S1(=O)C(c2ccc(Cl)cc2)=C(Cl)c2ccc(Cl)cc21. The van der Waals surface area contributed by atoms with Crippen molar-refractivity contribution < 1.29 is 8.42 Å². The predicted octanol–water partition coefficient (Wildman–Crippen LogP) is 4.85. The van der Waals surface area contributed by atoms with Crippen molar-refractivity contribution in [3.8, 4) is 0 Å². The van der Waals surface area contributed by atoms with Crippen molar-refractivity contribution in [2.24, 2.45) is 0 Å². The van der Waals surface area contributed by atoms with E-state index in [1.807, 2.05) is 0 Å². The lowest BCUT2D eigenvalue weighted by atomic mass is 10.1. The maximum Gasteiger partial charge on any atom is 0.209 e. The Hall–Kier alpha value is -1.00. The Bertz CT molecular complexity index is 837. The molecule has 1 aliphatic rings. The van der Waals surface area contributed by atoms with Crippen LogP contribution in [-0.4, -0.2) is 8.42 Å². The van der Waals surface area contributed by atoms with E-state index >= 15 is 0 Å². The van der Waals surface area contributed by atoms with Crippen molar-refractivity contribution in [3.63, 3.8) is 0 Å². The minimum atomic E-state index is -3.66. The van der Waals surface area contributed by atoms with Gasteiger partial charge in [0, 0.05) is 15.6 Å². The zero-order valence-corrected chi connectivity index (χ0v) is 13.0. The lowest BCUT2D eigenvalue weighted by molar-refractivity contribution is 0.606. The average Bonchev–Trinajstić information content (AvgIpc) is 2.59. The van der Waals surface area contributed by atoms with Gasteiger partial charge in [-0.1, -0.05) is 53.0 Å². The van der Waals surface area contributed by atoms with Crippen LogP contribution in [0, 0.1) is 0 Å². The Kier molecular flexibility index (Phi) is 3.33. The molecule has 0 atom stereocenters. The predicted molar refractivity (Wildman–Crippen MR) is 82.8 cm³/mol. The van der Waals surface area contributed by atoms with Crippen LogP contribution in [0.1, 0.15) is 11.1 Å². The van der Waals surface area contributed by atoms with Crippen LogP contribution < -0.4 is 0 Å². The van der Waals surface area contributed by atoms with Crippen LogP contribution in [0.4, 0.5) is 0 Å². The van der Waals surface area contributed by atoms with Gasteiger partial charge in [-0.2, -0.15) is 0 Å². The molecule has 0 radical (unpaired) electrons. The summed E-state index contributed by atoms with van der Waals surface area (Å²) in [6.07, 6.45) is 0. The molecule has 0 saturated carbocycles. The number of benzene rings is 2. The zero-order chi connectivity index (χ0) is 14.5. The van der Waals surface area contributed by atoms with Gasteiger partial charge in [-0.25, -0.2) is 8.42 Å². The highest BCUT2D eigenvalue weighted by atomic mass is 35.5. The molecule has 0 fully saturated rings. The maximum absolute atomic E-state index is 12.6. The molecule has 3 rings (SSSR count). The molecular weight excluding hydrogens is 339 g/mol. The van der Waals surface area contributed by atoms with Crippen LogP contribution in [0.25, 0.3) is 9.94 Å². The monoisotopic (exact) mass is 344 g/mol. The molecule has 0 unspecified atom stereocenters. The molecule has 2 aromatic rings. The molecule has 2 aromatic carbocycles. The van der Waals surface area contributed by atoms with Gasteiger partial charge in [0.2, 0.25) is 9.84 Å². The number of hydrogen-bond donors (Lipinski definition) is 0. The van der Waals surface area contributed by atoms with Crippen molar-refractivity contribution in [2.75, 3.05) is 0 Å². The third-order valence-electron chi connectivity index (χ3n) is 3.04. The Morgan fingerprint density at radius 2 is 1.40 bits per heavy atom. The highest BCUT2D eigenvalue weighted by Gasteiger charge is 2.35. The number of hydrogen-bond acceptors (Lipinski definition) is 2. The Morgan fingerprint density at radius 3 is 2.05 bits per heavy atom. The lowest BCUT2D eigenvalue weighted by Gasteiger charge is -2.04. The van der Waals surface area contributed by atoms with Gasteiger partial charge < -0.3 is 0 Å². The molecule has 1 heterocycles. The van der Waals surface area contributed by atoms with Gasteiger partial charge in [-0.15, -0.1) is 0 Å². The molecule has 1 aliphatic heterocycles. The molecular formula is C14H7Cl3O2S. The van der Waals surface area contributed by atoms with Crippen LogP contribution in [0.3, 0.4) is 0 Å². The highest BCUT2D eigenvalue weighted by molar-refractivity contribution is 8.01. The van der Waals surface area contributed by atoms with Gasteiger partial charge in [-0.3, -0.25) is 0 Å². The third-order valence-corrected chi connectivity index (χ3v) is 5.93. The summed E-state index contributed by atoms with van der Waals surface area (Å²) in [6.45, 7) is 0. The van der Waals surface area contributed by atoms with E-state index in [4.69, 9.17) is 34.8 Å². The Labute approximate surface area is 131 Å². The van der Waals surface area contributed by atoms with Gasteiger partial charge in [0.15, 0.2) is 0 Å². The van der Waals surface area contributed by atoms with Crippen LogP contribution >= 0.6 is 34.8 Å². The summed E-state index contributed by atoms with van der Waals surface area (Å²) in [6, 6.07) is 11.1. The second kappa shape index (κ2) is 4.78. The summed E-state index contributed by atoms with van der Waals surface area (Å²) < 4.78 is 25.2. The van der Waals surface area contributed by atoms with E-state index in [1.165, 1.54) is 6.07 Å². The van der Waals surface area contributed by atoms with Crippen molar-refractivity contribution in [1.82, 2.24) is 0 Å². The molecule has 0 bridgehead atoms. The molecule has 0 aliphatic carbocycles. The average molecular weight is 346 g/mol. The smallest absolute Gasteiger partial charge is 0.209 e. The van der Waals surface area contributed by atoms with E-state index in [0.29, 0.717) is 21.2 Å². The van der Waals surface area contributed by atoms with E-state index in [9.17, 15) is 8.42 Å². The first-order valence-electron chi connectivity index (χ1n) is 5.62. The summed E-state index contributed by atoms with van der Waals surface area (Å²) in [5, 5.41) is 1.09. The Morgan fingerprint density at radius 1 is 0.800 bits per heavy atom. The van der Waals surface area contributed by atoms with E-state index in [2.05, 4.69) is 0 Å². The number of halogens is 3. The number of sulfone groups is 1. The summed E-state index contributed by atoms with van der Waals surface area (Å²) in [7, 11) is -3.66. The normalized spacial score (nSPS) is 16.4. The standard InChI is InChI=1S/C14H7Cl3O2S/c15-9-3-1-8(2-4-9)14-13(17)11-6-5-10(16)7-12(11)20(14,18)19/h1-7H. The minimum absolute atomic E-state index is 0.0908. The van der Waals surface area contributed by atoms with Gasteiger partial charge in [0.1, 0.15) is 0 Å². The van der Waals surface area contributed by atoms with Gasteiger partial charge >= 0.3 is 0 Å². The molecule has 102 valence electrons. The first-order valence-corrected chi connectivity index (χ1v) is 8.23. The zero-order valence-electron chi connectivity index (χ0n) is 9.90. The van der Waals surface area contributed by atoms with Gasteiger partial charge in [0.25, 0.3) is 0 Å². The molecule has 2 nitrogen and oxygen atoms in total. The van der Waals surface area contributed by atoms with Gasteiger partial charge in [-0.05, 0) is 29.8 Å². The Balaban J connectivity index is 2.28. The lowest BCUT2D eigenvalue weighted by Crippen LogP contribution is -2.00. The summed E-state index contributed by atoms with van der Waals surface area (Å²) in [5.41, 5.74) is 0.979. The first-order chi connectivity index (χ1) is 9.41. The fraction of sp³-hybridized carbons (Fsp3) is 0. The molecule has 6 heteroatoms. The number of fused-ring (bicyclic) bond motifs is 1. The molecule has 0 saturated heterocycles. The van der Waals surface area contributed by atoms with E-state index in [1.54, 1.807) is 36.4 Å². The van der Waals surface area contributed by atoms with Crippen molar-refractivity contribution in [2.45, 2.75) is 4.90 Å². The molecule has 0 N–H and O–H groups in total. The van der Waals surface area contributed by atoms with E-state index in [0.717, 1.165) is 0 Å². The fourth-order valence-electron chi connectivity index (χ4n) is 2.13. The topological polar surface area (TPSA) is 34.1 Å². The third kappa shape index (κ3) is 2.06. The summed E-state index contributed by atoms with van der Waals surface area (Å²) in [5.74, 6) is 0. The minimum Gasteiger partial charge on any atom is -0.218 e. The quantitative estimate of drug-likeness (QED) is 0.740. The van der Waals surface area contributed by atoms with Crippen LogP contribution in [0.5, 0.6) is 0 Å². The first kappa shape index (κ1) is 14.0. The molecule has 0 aromatic heterocycles. The van der Waals surface area contributed by atoms with Crippen molar-refractivity contribution >= 4 is 54.6 Å². The summed E-state index contributed by atoms with van der Waals surface area (Å²) in [4.78, 5) is 0.230. The fourth-order valence-corrected chi connectivity index (χ4v) is 4.88. The van der Waals surface area contributed by atoms with Crippen molar-refractivity contribution in [3.05, 3.63) is 63.6 Å². The van der Waals surface area contributed by atoms with Crippen LogP contribution in [0.2, 0.25) is 10.0 Å². The molecule has 0 spiro atoms. The maximum atomic E-state index is 12.6. The largest absolute Gasteiger partial charge is 0.218 e. The molecule has 20 heavy (non-hydrogen) atoms. The van der Waals surface area contributed by atoms with E-state index in [-0.39, 0.29) is 14.8 Å². The second-order valence-electron chi connectivity index (χ2n) is 4.29. The van der Waals surface area contributed by atoms with Gasteiger partial charge in [0.05, 0.1) is 14.8 Å². The molecule has 0 amide bonds. The number of rotatable bonds is 1. The summed E-state index contributed by atoms with van der Waals surface area (Å²) >= 11 is 17.9. The second-order valence-corrected chi connectivity index (χ2v) is 7.40. The van der Waals surface area contributed by atoms with Crippen molar-refractivity contribution in [1.29, 1.82) is 0 Å². The van der Waals surface area contributed by atoms with Crippen LogP contribution in [-0.2, 0) is 9.84 Å². The highest BCUT2D eigenvalue weighted by Crippen LogP contribution is 2.46.